The van der Waals surface area contributed by atoms with E-state index in [1.165, 1.54) is 24.0 Å². The van der Waals surface area contributed by atoms with Crippen molar-refractivity contribution < 1.29 is 19.4 Å². The van der Waals surface area contributed by atoms with Gasteiger partial charge in [-0.05, 0) is 91.7 Å². The lowest BCUT2D eigenvalue weighted by Gasteiger charge is -2.56. The van der Waals surface area contributed by atoms with Crippen molar-refractivity contribution in [1.82, 2.24) is 10.3 Å². The molecule has 1 aliphatic heterocycles. The first kappa shape index (κ1) is 30.4. The Morgan fingerprint density at radius 1 is 0.935 bits per heavy atom. The van der Waals surface area contributed by atoms with E-state index in [1.54, 1.807) is 23.1 Å². The van der Waals surface area contributed by atoms with Crippen LogP contribution in [0.25, 0.3) is 10.2 Å². The average Bonchev–Trinajstić information content (AvgIpc) is 3.47. The summed E-state index contributed by atoms with van der Waals surface area (Å²) in [4.78, 5) is 18.0. The molecule has 5 aliphatic rings. The zero-order valence-corrected chi connectivity index (χ0v) is 27.7. The number of carbonyl (C=O) groups excluding carboxylic acids is 1. The number of anilines is 1. The number of para-hydroxylation sites is 1. The normalized spacial score (nSPS) is 31.7. The molecular formula is C37H41N3O4S2. The third-order valence-electron chi connectivity index (χ3n) is 10.6. The summed E-state index contributed by atoms with van der Waals surface area (Å²) in [7, 11) is 0. The standard InChI is InChI=1S/C37H41N3O4S2/c1-22-31(21-45-36-39-30-4-2-3-5-32(30)46-36)43-34(44-33(22)27-8-6-23(20-41)7-9-27)28-10-12-29(13-11-28)38-35(42)40-37-17-24-14-25(18-37)16-26(15-24)19-37/h2-13,22,24-26,31,33-34,41H,14-21H2,1H3,(H2,38,40,42). The largest absolute Gasteiger partial charge is 0.392 e. The van der Waals surface area contributed by atoms with Gasteiger partial charge in [-0.3, -0.25) is 0 Å². The molecule has 2 heterocycles. The number of aliphatic hydroxyl groups excluding tert-OH is 1. The van der Waals surface area contributed by atoms with Gasteiger partial charge < -0.3 is 25.2 Å². The van der Waals surface area contributed by atoms with E-state index in [-0.39, 0.29) is 36.3 Å². The number of fused-ring (bicyclic) bond motifs is 1. The number of urea groups is 1. The Kier molecular flexibility index (Phi) is 8.31. The minimum Gasteiger partial charge on any atom is -0.392 e. The highest BCUT2D eigenvalue weighted by atomic mass is 32.2. The second-order valence-electron chi connectivity index (χ2n) is 14.0. The number of aliphatic hydroxyl groups is 1. The van der Waals surface area contributed by atoms with Crippen molar-refractivity contribution in [3.63, 3.8) is 0 Å². The summed E-state index contributed by atoms with van der Waals surface area (Å²) in [5, 5.41) is 16.1. The van der Waals surface area contributed by atoms with Gasteiger partial charge in [0.05, 0.1) is 29.0 Å². The van der Waals surface area contributed by atoms with E-state index in [0.717, 1.165) is 75.0 Å². The number of nitrogens with zero attached hydrogens (tertiary/aromatic N) is 1. The molecule has 3 aromatic carbocycles. The Bertz CT molecular complexity index is 1620. The van der Waals surface area contributed by atoms with Crippen LogP contribution in [-0.2, 0) is 16.1 Å². The summed E-state index contributed by atoms with van der Waals surface area (Å²) >= 11 is 3.44. The van der Waals surface area contributed by atoms with Crippen LogP contribution in [0.15, 0.2) is 77.1 Å². The summed E-state index contributed by atoms with van der Waals surface area (Å²) in [6, 6.07) is 24.0. The molecule has 7 nitrogen and oxygen atoms in total. The van der Waals surface area contributed by atoms with Crippen LogP contribution in [0.3, 0.4) is 0 Å². The fraction of sp³-hybridized carbons (Fsp3) is 0.459. The van der Waals surface area contributed by atoms with E-state index in [2.05, 4.69) is 29.7 Å². The smallest absolute Gasteiger partial charge is 0.319 e. The summed E-state index contributed by atoms with van der Waals surface area (Å²) in [6.07, 6.45) is 6.61. The molecule has 4 atom stereocenters. The van der Waals surface area contributed by atoms with Crippen LogP contribution in [-0.4, -0.2) is 33.5 Å². The van der Waals surface area contributed by atoms with Crippen LogP contribution in [0.4, 0.5) is 10.5 Å². The predicted octanol–water partition coefficient (Wildman–Crippen LogP) is 8.46. The molecule has 4 bridgehead atoms. The summed E-state index contributed by atoms with van der Waals surface area (Å²) in [5.74, 6) is 3.18. The highest BCUT2D eigenvalue weighted by Crippen LogP contribution is 2.55. The van der Waals surface area contributed by atoms with Crippen molar-refractivity contribution >= 4 is 45.0 Å². The molecule has 3 N–H and O–H groups in total. The highest BCUT2D eigenvalue weighted by molar-refractivity contribution is 8.01. The molecule has 1 saturated heterocycles. The molecular weight excluding hydrogens is 615 g/mol. The molecule has 240 valence electrons. The quantitative estimate of drug-likeness (QED) is 0.165. The Balaban J connectivity index is 0.966. The number of carbonyl (C=O) groups is 1. The van der Waals surface area contributed by atoms with Crippen molar-refractivity contribution in [2.24, 2.45) is 23.7 Å². The SMILES string of the molecule is CC1C(CSc2nc3ccccc3s2)OC(c2ccc(NC(=O)NC34CC5CC(CC(C5)C3)C4)cc2)OC1c1ccc(CO)cc1. The first-order valence-corrected chi connectivity index (χ1v) is 18.4. The Labute approximate surface area is 278 Å². The van der Waals surface area contributed by atoms with Crippen molar-refractivity contribution in [2.45, 2.75) is 80.4 Å². The van der Waals surface area contributed by atoms with Gasteiger partial charge in [0.2, 0.25) is 0 Å². The molecule has 46 heavy (non-hydrogen) atoms. The number of aromatic nitrogens is 1. The van der Waals surface area contributed by atoms with Crippen LogP contribution in [0, 0.1) is 23.7 Å². The molecule has 1 aromatic heterocycles. The Morgan fingerprint density at radius 2 is 1.61 bits per heavy atom. The topological polar surface area (TPSA) is 92.7 Å². The number of thiazole rings is 1. The molecule has 4 unspecified atom stereocenters. The van der Waals surface area contributed by atoms with Gasteiger partial charge in [-0.2, -0.15) is 0 Å². The number of ether oxygens (including phenoxy) is 2. The molecule has 2 amide bonds. The van der Waals surface area contributed by atoms with Gasteiger partial charge in [-0.25, -0.2) is 9.78 Å². The van der Waals surface area contributed by atoms with Gasteiger partial charge in [0, 0.05) is 28.5 Å². The summed E-state index contributed by atoms with van der Waals surface area (Å²) in [6.45, 7) is 2.19. The summed E-state index contributed by atoms with van der Waals surface area (Å²) in [5.41, 5.74) is 4.60. The Morgan fingerprint density at radius 3 is 2.28 bits per heavy atom. The molecule has 4 aromatic rings. The number of thioether (sulfide) groups is 1. The van der Waals surface area contributed by atoms with E-state index < -0.39 is 6.29 Å². The van der Waals surface area contributed by atoms with Gasteiger partial charge in [-0.15, -0.1) is 11.3 Å². The van der Waals surface area contributed by atoms with Crippen molar-refractivity contribution in [1.29, 1.82) is 0 Å². The van der Waals surface area contributed by atoms with Crippen molar-refractivity contribution in [3.05, 3.63) is 89.5 Å². The van der Waals surface area contributed by atoms with Crippen LogP contribution in [0.5, 0.6) is 0 Å². The van der Waals surface area contributed by atoms with E-state index in [1.807, 2.05) is 60.7 Å². The lowest BCUT2D eigenvalue weighted by Crippen LogP contribution is -2.60. The van der Waals surface area contributed by atoms with E-state index >= 15 is 0 Å². The van der Waals surface area contributed by atoms with E-state index in [0.29, 0.717) is 0 Å². The zero-order chi connectivity index (χ0) is 31.3. The molecule has 0 radical (unpaired) electrons. The second kappa shape index (κ2) is 12.6. The van der Waals surface area contributed by atoms with E-state index in [9.17, 15) is 9.90 Å². The average molecular weight is 656 g/mol. The lowest BCUT2D eigenvalue weighted by molar-refractivity contribution is -0.268. The van der Waals surface area contributed by atoms with Crippen molar-refractivity contribution in [2.75, 3.05) is 11.1 Å². The maximum absolute atomic E-state index is 13.2. The molecule has 4 aliphatic carbocycles. The molecule has 9 rings (SSSR count). The second-order valence-corrected chi connectivity index (χ2v) is 16.3. The molecule has 4 saturated carbocycles. The highest BCUT2D eigenvalue weighted by Gasteiger charge is 2.51. The number of amides is 2. The van der Waals surface area contributed by atoms with Crippen LogP contribution >= 0.6 is 23.1 Å². The van der Waals surface area contributed by atoms with Gasteiger partial charge in [-0.1, -0.05) is 67.2 Å². The molecule has 0 spiro atoms. The fourth-order valence-corrected chi connectivity index (χ4v) is 11.0. The number of hydrogen-bond donors (Lipinski definition) is 3. The monoisotopic (exact) mass is 655 g/mol. The summed E-state index contributed by atoms with van der Waals surface area (Å²) < 4.78 is 15.5. The molecule has 5 fully saturated rings. The number of rotatable bonds is 8. The van der Waals surface area contributed by atoms with E-state index in [4.69, 9.17) is 14.5 Å². The minimum atomic E-state index is -0.561. The van der Waals surface area contributed by atoms with Crippen LogP contribution in [0.1, 0.15) is 74.5 Å². The maximum Gasteiger partial charge on any atom is 0.319 e. The fourth-order valence-electron chi connectivity index (χ4n) is 8.77. The van der Waals surface area contributed by atoms with Gasteiger partial charge in [0.1, 0.15) is 0 Å². The predicted molar refractivity (Wildman–Crippen MR) is 183 cm³/mol. The van der Waals surface area contributed by atoms with Crippen LogP contribution in [0.2, 0.25) is 0 Å². The number of benzene rings is 3. The first-order valence-electron chi connectivity index (χ1n) is 16.6. The Hall–Kier alpha value is -2.95. The number of nitrogens with one attached hydrogen (secondary N) is 2. The van der Waals surface area contributed by atoms with Gasteiger partial charge in [0.15, 0.2) is 10.6 Å². The lowest BCUT2D eigenvalue weighted by atomic mass is 9.53. The first-order chi connectivity index (χ1) is 22.4. The zero-order valence-electron chi connectivity index (χ0n) is 26.1. The maximum atomic E-state index is 13.2. The number of hydrogen-bond acceptors (Lipinski definition) is 7. The third kappa shape index (κ3) is 6.20. The van der Waals surface area contributed by atoms with Crippen molar-refractivity contribution in [3.8, 4) is 0 Å². The minimum absolute atomic E-state index is 0.00940. The van der Waals surface area contributed by atoms with Gasteiger partial charge >= 0.3 is 6.03 Å². The van der Waals surface area contributed by atoms with Gasteiger partial charge in [0.25, 0.3) is 0 Å². The van der Waals surface area contributed by atoms with Crippen LogP contribution < -0.4 is 10.6 Å². The molecule has 9 heteroatoms. The third-order valence-corrected chi connectivity index (χ3v) is 12.9.